The van der Waals surface area contributed by atoms with Crippen LogP contribution < -0.4 is 10.5 Å². The van der Waals surface area contributed by atoms with Crippen molar-refractivity contribution in [3.8, 4) is 0 Å². The van der Waals surface area contributed by atoms with Gasteiger partial charge in [-0.25, -0.2) is 13.1 Å². The highest BCUT2D eigenvalue weighted by Gasteiger charge is 2.14. The summed E-state index contributed by atoms with van der Waals surface area (Å²) < 4.78 is 27.0. The molecule has 18 heavy (non-hydrogen) atoms. The first-order chi connectivity index (χ1) is 8.47. The molecule has 0 radical (unpaired) electrons. The number of hydrogen-bond acceptors (Lipinski definition) is 4. The predicted molar refractivity (Wildman–Crippen MR) is 81.3 cm³/mol. The van der Waals surface area contributed by atoms with E-state index in [0.29, 0.717) is 22.5 Å². The molecule has 0 amide bonds. The summed E-state index contributed by atoms with van der Waals surface area (Å²) in [5.41, 5.74) is 6.12. The van der Waals surface area contributed by atoms with Crippen LogP contribution >= 0.6 is 27.7 Å². The van der Waals surface area contributed by atoms with Gasteiger partial charge in [-0.3, -0.25) is 0 Å². The minimum Gasteiger partial charge on any atom is -0.398 e. The van der Waals surface area contributed by atoms with E-state index in [-0.39, 0.29) is 4.90 Å². The number of nitrogen functional groups attached to an aromatic ring is 1. The Morgan fingerprint density at radius 3 is 2.83 bits per heavy atom. The van der Waals surface area contributed by atoms with Crippen LogP contribution in [0.15, 0.2) is 40.2 Å². The van der Waals surface area contributed by atoms with Crippen molar-refractivity contribution in [1.29, 1.82) is 0 Å². The van der Waals surface area contributed by atoms with E-state index in [4.69, 9.17) is 5.73 Å². The number of anilines is 1. The maximum Gasteiger partial charge on any atom is 0.240 e. The average molecular weight is 351 g/mol. The van der Waals surface area contributed by atoms with Gasteiger partial charge < -0.3 is 5.73 Å². The lowest BCUT2D eigenvalue weighted by molar-refractivity contribution is 0.584. The van der Waals surface area contributed by atoms with Gasteiger partial charge in [0.05, 0.1) is 4.90 Å². The van der Waals surface area contributed by atoms with Crippen LogP contribution in [0.3, 0.4) is 0 Å². The van der Waals surface area contributed by atoms with Gasteiger partial charge in [-0.1, -0.05) is 6.08 Å². The zero-order chi connectivity index (χ0) is 13.6. The molecule has 0 saturated heterocycles. The fourth-order valence-electron chi connectivity index (χ4n) is 1.17. The van der Waals surface area contributed by atoms with Gasteiger partial charge in [0.1, 0.15) is 0 Å². The zero-order valence-corrected chi connectivity index (χ0v) is 12.9. The molecular weight excluding hydrogens is 336 g/mol. The molecular formula is C11H15BrN2O2S2. The Hall–Kier alpha value is -0.500. The topological polar surface area (TPSA) is 72.2 Å². The van der Waals surface area contributed by atoms with Crippen LogP contribution in [0.5, 0.6) is 0 Å². The minimum atomic E-state index is -3.46. The molecule has 0 aliphatic rings. The number of halogens is 1. The third-order valence-corrected chi connectivity index (χ3v) is 5.17. The second kappa shape index (κ2) is 7.18. The van der Waals surface area contributed by atoms with Crippen LogP contribution in [0, 0.1) is 0 Å². The minimum absolute atomic E-state index is 0.206. The molecule has 0 unspecified atom stereocenters. The van der Waals surface area contributed by atoms with Crippen LogP contribution in [0.25, 0.3) is 0 Å². The summed E-state index contributed by atoms with van der Waals surface area (Å²) in [6.45, 7) is 3.99. The molecule has 1 rings (SSSR count). The molecule has 1 aromatic carbocycles. The largest absolute Gasteiger partial charge is 0.398 e. The zero-order valence-electron chi connectivity index (χ0n) is 9.73. The fourth-order valence-corrected chi connectivity index (χ4v) is 3.47. The molecule has 0 spiro atoms. The van der Waals surface area contributed by atoms with Crippen molar-refractivity contribution >= 4 is 43.4 Å². The van der Waals surface area contributed by atoms with Crippen molar-refractivity contribution in [3.05, 3.63) is 35.3 Å². The Bertz CT molecular complexity index is 518. The molecule has 0 saturated carbocycles. The number of hydrogen-bond donors (Lipinski definition) is 2. The third-order valence-electron chi connectivity index (χ3n) is 2.06. The molecule has 0 aromatic heterocycles. The lowest BCUT2D eigenvalue weighted by Gasteiger charge is -2.07. The highest BCUT2D eigenvalue weighted by Crippen LogP contribution is 2.22. The second-order valence-electron chi connectivity index (χ2n) is 3.44. The number of rotatable bonds is 7. The summed E-state index contributed by atoms with van der Waals surface area (Å²) in [6, 6.07) is 4.54. The standard InChI is InChI=1S/C11H15BrN2O2S2/c1-2-6-17-7-5-14-18(15,16)9-3-4-11(13)10(12)8-9/h2-4,8,14H,1,5-7,13H2. The van der Waals surface area contributed by atoms with E-state index < -0.39 is 10.0 Å². The average Bonchev–Trinajstić information content (AvgIpc) is 2.32. The fraction of sp³-hybridized carbons (Fsp3) is 0.273. The van der Waals surface area contributed by atoms with Crippen molar-refractivity contribution < 1.29 is 8.42 Å². The summed E-state index contributed by atoms with van der Waals surface area (Å²) >= 11 is 4.83. The van der Waals surface area contributed by atoms with E-state index in [1.165, 1.54) is 12.1 Å². The lowest BCUT2D eigenvalue weighted by Crippen LogP contribution is -2.26. The first-order valence-electron chi connectivity index (χ1n) is 5.20. The smallest absolute Gasteiger partial charge is 0.240 e. The number of sulfonamides is 1. The number of benzene rings is 1. The molecule has 0 fully saturated rings. The van der Waals surface area contributed by atoms with Gasteiger partial charge in [0.15, 0.2) is 0 Å². The molecule has 0 aliphatic carbocycles. The SMILES string of the molecule is C=CCSCCNS(=O)(=O)c1ccc(N)c(Br)c1. The van der Waals surface area contributed by atoms with Gasteiger partial charge in [0.2, 0.25) is 10.0 Å². The summed E-state index contributed by atoms with van der Waals surface area (Å²) in [7, 11) is -3.46. The first-order valence-corrected chi connectivity index (χ1v) is 8.64. The summed E-state index contributed by atoms with van der Waals surface area (Å²) in [4.78, 5) is 0.206. The molecule has 100 valence electrons. The van der Waals surface area contributed by atoms with Crippen LogP contribution in [-0.4, -0.2) is 26.5 Å². The normalized spacial score (nSPS) is 11.4. The Balaban J connectivity index is 2.62. The molecule has 0 aliphatic heterocycles. The monoisotopic (exact) mass is 350 g/mol. The maximum atomic E-state index is 11.9. The predicted octanol–water partition coefficient (Wildman–Crippen LogP) is 2.23. The third kappa shape index (κ3) is 4.64. The molecule has 3 N–H and O–H groups in total. The number of nitrogens with one attached hydrogen (secondary N) is 1. The van der Waals surface area contributed by atoms with E-state index in [1.54, 1.807) is 23.9 Å². The number of nitrogens with two attached hydrogens (primary N) is 1. The quantitative estimate of drug-likeness (QED) is 0.449. The van der Waals surface area contributed by atoms with Gasteiger partial charge in [-0.05, 0) is 34.1 Å². The van der Waals surface area contributed by atoms with Crippen LogP contribution in [0.4, 0.5) is 5.69 Å². The molecule has 0 bridgehead atoms. The van der Waals surface area contributed by atoms with Gasteiger partial charge in [-0.2, -0.15) is 11.8 Å². The van der Waals surface area contributed by atoms with Crippen LogP contribution in [-0.2, 0) is 10.0 Å². The Kier molecular flexibility index (Phi) is 6.20. The van der Waals surface area contributed by atoms with Gasteiger partial charge >= 0.3 is 0 Å². The van der Waals surface area contributed by atoms with Gasteiger partial charge in [0.25, 0.3) is 0 Å². The summed E-state index contributed by atoms with van der Waals surface area (Å²) in [5.74, 6) is 1.52. The van der Waals surface area contributed by atoms with Crippen molar-refractivity contribution in [2.45, 2.75) is 4.90 Å². The Morgan fingerprint density at radius 2 is 2.22 bits per heavy atom. The highest BCUT2D eigenvalue weighted by atomic mass is 79.9. The van der Waals surface area contributed by atoms with Gasteiger partial charge in [-0.15, -0.1) is 6.58 Å². The van der Waals surface area contributed by atoms with E-state index >= 15 is 0 Å². The van der Waals surface area contributed by atoms with Crippen molar-refractivity contribution in [1.82, 2.24) is 4.72 Å². The van der Waals surface area contributed by atoms with E-state index in [1.807, 2.05) is 0 Å². The van der Waals surface area contributed by atoms with Crippen LogP contribution in [0.1, 0.15) is 0 Å². The molecule has 4 nitrogen and oxygen atoms in total. The van der Waals surface area contributed by atoms with E-state index in [2.05, 4.69) is 27.2 Å². The molecule has 0 heterocycles. The summed E-state index contributed by atoms with van der Waals surface area (Å²) in [6.07, 6.45) is 1.79. The van der Waals surface area contributed by atoms with Crippen LogP contribution in [0.2, 0.25) is 0 Å². The first kappa shape index (κ1) is 15.6. The Labute approximate surface area is 120 Å². The maximum absolute atomic E-state index is 11.9. The molecule has 0 atom stereocenters. The van der Waals surface area contributed by atoms with E-state index in [9.17, 15) is 8.42 Å². The number of thioether (sulfide) groups is 1. The van der Waals surface area contributed by atoms with Crippen molar-refractivity contribution in [3.63, 3.8) is 0 Å². The van der Waals surface area contributed by atoms with Crippen molar-refractivity contribution in [2.24, 2.45) is 0 Å². The van der Waals surface area contributed by atoms with Crippen molar-refractivity contribution in [2.75, 3.05) is 23.8 Å². The summed E-state index contributed by atoms with van der Waals surface area (Å²) in [5, 5.41) is 0. The molecule has 7 heteroatoms. The second-order valence-corrected chi connectivity index (χ2v) is 7.22. The Morgan fingerprint density at radius 1 is 1.50 bits per heavy atom. The molecule has 1 aromatic rings. The lowest BCUT2D eigenvalue weighted by atomic mass is 10.3. The van der Waals surface area contributed by atoms with E-state index in [0.717, 1.165) is 5.75 Å². The van der Waals surface area contributed by atoms with Gasteiger partial charge in [0, 0.05) is 28.2 Å². The highest BCUT2D eigenvalue weighted by molar-refractivity contribution is 9.10.